The van der Waals surface area contributed by atoms with E-state index in [0.29, 0.717) is 47.9 Å². The van der Waals surface area contributed by atoms with Gasteiger partial charge in [0.25, 0.3) is 0 Å². The fraction of sp³-hybridized carbons (Fsp3) is 0.286. The molecule has 4 atom stereocenters. The van der Waals surface area contributed by atoms with Gasteiger partial charge in [-0.2, -0.15) is 10.5 Å². The molecule has 14 nitrogen and oxygen atoms in total. The Morgan fingerprint density at radius 1 is 0.679 bits per heavy atom. The molecule has 6 aromatic heterocycles. The molecule has 0 unspecified atom stereocenters. The van der Waals surface area contributed by atoms with Crippen LogP contribution in [0.15, 0.2) is 73.6 Å². The molecule has 2 fully saturated rings. The van der Waals surface area contributed by atoms with Gasteiger partial charge in [-0.1, -0.05) is 27.7 Å². The number of anilines is 4. The number of hydrogen-bond donors (Lipinski definition) is 4. The molecular formula is C42H40N12O2. The molecule has 2 aliphatic carbocycles. The Morgan fingerprint density at radius 2 is 1.09 bits per heavy atom. The SMILES string of the molecule is CC(C)c1ccncc1-c1cc2cc(NC(=O)[C@@H]3C[C@H]3C#N)ncc2c(N)n1.CC(C)c1ccncc1-c1cc2cc(NC(=O)[C@H]3C[C@@H]3C#N)ncc2c(N)n1. The first-order valence-corrected chi connectivity index (χ1v) is 18.4. The van der Waals surface area contributed by atoms with Gasteiger partial charge in [-0.25, -0.2) is 19.9 Å². The van der Waals surface area contributed by atoms with Crippen LogP contribution < -0.4 is 22.1 Å². The number of aromatic nitrogens is 6. The number of nitrogens with one attached hydrogen (secondary N) is 2. The van der Waals surface area contributed by atoms with Crippen molar-refractivity contribution in [3.05, 3.63) is 84.7 Å². The minimum atomic E-state index is -0.246. The Kier molecular flexibility index (Phi) is 10.2. The zero-order valence-electron chi connectivity index (χ0n) is 31.4. The van der Waals surface area contributed by atoms with Gasteiger partial charge in [-0.3, -0.25) is 19.6 Å². The van der Waals surface area contributed by atoms with Crippen LogP contribution in [-0.4, -0.2) is 41.7 Å². The third kappa shape index (κ3) is 7.77. The van der Waals surface area contributed by atoms with Crippen molar-refractivity contribution in [1.82, 2.24) is 29.9 Å². The van der Waals surface area contributed by atoms with E-state index in [0.717, 1.165) is 55.2 Å². The highest BCUT2D eigenvalue weighted by molar-refractivity contribution is 6.00. The molecule has 280 valence electrons. The second-order valence-corrected chi connectivity index (χ2v) is 14.7. The molecule has 0 radical (unpaired) electrons. The molecule has 6 heterocycles. The summed E-state index contributed by atoms with van der Waals surface area (Å²) in [5.74, 6) is 1.05. The summed E-state index contributed by atoms with van der Waals surface area (Å²) in [6.45, 7) is 8.47. The number of rotatable bonds is 8. The van der Waals surface area contributed by atoms with Gasteiger partial charge in [0.1, 0.15) is 23.3 Å². The Balaban J connectivity index is 0.000000172. The predicted molar refractivity (Wildman–Crippen MR) is 214 cm³/mol. The van der Waals surface area contributed by atoms with Gasteiger partial charge in [0, 0.05) is 59.1 Å². The van der Waals surface area contributed by atoms with Crippen molar-refractivity contribution in [3.8, 4) is 34.7 Å². The maximum Gasteiger partial charge on any atom is 0.230 e. The number of nitrogens with zero attached hydrogens (tertiary/aromatic N) is 8. The fourth-order valence-corrected chi connectivity index (χ4v) is 6.70. The molecule has 6 N–H and O–H groups in total. The number of pyridine rings is 6. The number of hydrogen-bond acceptors (Lipinski definition) is 12. The van der Waals surface area contributed by atoms with Crippen LogP contribution in [0.4, 0.5) is 23.3 Å². The molecule has 0 saturated heterocycles. The summed E-state index contributed by atoms with van der Waals surface area (Å²) in [7, 11) is 0. The summed E-state index contributed by atoms with van der Waals surface area (Å²) in [4.78, 5) is 50.5. The lowest BCUT2D eigenvalue weighted by Gasteiger charge is -2.13. The lowest BCUT2D eigenvalue weighted by molar-refractivity contribution is -0.118. The van der Waals surface area contributed by atoms with Crippen molar-refractivity contribution in [3.63, 3.8) is 0 Å². The molecule has 2 saturated carbocycles. The van der Waals surface area contributed by atoms with Crippen LogP contribution in [0.25, 0.3) is 44.1 Å². The van der Waals surface area contributed by atoms with Crippen molar-refractivity contribution >= 4 is 56.6 Å². The van der Waals surface area contributed by atoms with E-state index < -0.39 is 0 Å². The topological polar surface area (TPSA) is 235 Å². The van der Waals surface area contributed by atoms with E-state index in [4.69, 9.17) is 22.0 Å². The van der Waals surface area contributed by atoms with Crippen molar-refractivity contribution in [2.24, 2.45) is 23.7 Å². The second kappa shape index (κ2) is 15.4. The Bertz CT molecular complexity index is 2410. The van der Waals surface area contributed by atoms with Gasteiger partial charge in [-0.15, -0.1) is 0 Å². The number of amides is 2. The van der Waals surface area contributed by atoms with Crippen LogP contribution >= 0.6 is 0 Å². The number of nitrogen functional groups attached to an aromatic ring is 2. The van der Waals surface area contributed by atoms with Gasteiger partial charge in [0.15, 0.2) is 0 Å². The van der Waals surface area contributed by atoms with Crippen molar-refractivity contribution in [2.45, 2.75) is 52.4 Å². The molecule has 0 aromatic carbocycles. The third-order valence-electron chi connectivity index (χ3n) is 10.1. The van der Waals surface area contributed by atoms with Crippen molar-refractivity contribution in [1.29, 1.82) is 10.5 Å². The monoisotopic (exact) mass is 744 g/mol. The molecular weight excluding hydrogens is 705 g/mol. The Hall–Kier alpha value is -7.06. The quantitative estimate of drug-likeness (QED) is 0.123. The zero-order valence-corrected chi connectivity index (χ0v) is 31.4. The van der Waals surface area contributed by atoms with Crippen LogP contribution in [0.2, 0.25) is 0 Å². The first kappa shape index (κ1) is 37.3. The normalized spacial score (nSPS) is 18.1. The van der Waals surface area contributed by atoms with Gasteiger partial charge in [0.05, 0.1) is 47.2 Å². The zero-order chi connectivity index (χ0) is 39.7. The van der Waals surface area contributed by atoms with Crippen LogP contribution in [0.5, 0.6) is 0 Å². The summed E-state index contributed by atoms with van der Waals surface area (Å²) < 4.78 is 0. The highest BCUT2D eigenvalue weighted by Crippen LogP contribution is 2.40. The molecule has 8 rings (SSSR count). The van der Waals surface area contributed by atoms with E-state index in [1.165, 1.54) is 0 Å². The van der Waals surface area contributed by atoms with E-state index in [1.807, 2.05) is 24.3 Å². The van der Waals surface area contributed by atoms with Crippen LogP contribution in [0, 0.1) is 46.3 Å². The summed E-state index contributed by atoms with van der Waals surface area (Å²) in [5, 5.41) is 26.5. The third-order valence-corrected chi connectivity index (χ3v) is 10.1. The largest absolute Gasteiger partial charge is 0.383 e. The number of nitriles is 2. The van der Waals surface area contributed by atoms with E-state index in [9.17, 15) is 9.59 Å². The van der Waals surface area contributed by atoms with Gasteiger partial charge >= 0.3 is 0 Å². The average molecular weight is 745 g/mol. The first-order valence-electron chi connectivity index (χ1n) is 18.4. The average Bonchev–Trinajstić information content (AvgIpc) is 4.13. The molecule has 2 amide bonds. The lowest BCUT2D eigenvalue weighted by Crippen LogP contribution is -2.15. The maximum absolute atomic E-state index is 12.2. The summed E-state index contributed by atoms with van der Waals surface area (Å²) in [5.41, 5.74) is 18.0. The Labute approximate surface area is 323 Å². The molecule has 0 bridgehead atoms. The molecule has 0 spiro atoms. The van der Waals surface area contributed by atoms with Gasteiger partial charge in [0.2, 0.25) is 11.8 Å². The van der Waals surface area contributed by atoms with Gasteiger partial charge in [-0.05, 0) is 83.0 Å². The molecule has 14 heteroatoms. The van der Waals surface area contributed by atoms with Crippen LogP contribution in [0.1, 0.15) is 63.5 Å². The molecule has 6 aromatic rings. The maximum atomic E-state index is 12.2. The minimum Gasteiger partial charge on any atom is -0.383 e. The second-order valence-electron chi connectivity index (χ2n) is 14.7. The molecule has 0 aliphatic heterocycles. The van der Waals surface area contributed by atoms with Crippen LogP contribution in [0.3, 0.4) is 0 Å². The van der Waals surface area contributed by atoms with Crippen LogP contribution in [-0.2, 0) is 9.59 Å². The summed E-state index contributed by atoms with van der Waals surface area (Å²) in [6.07, 6.45) is 11.6. The molecule has 56 heavy (non-hydrogen) atoms. The number of fused-ring (bicyclic) bond motifs is 2. The van der Waals surface area contributed by atoms with Gasteiger partial charge < -0.3 is 22.1 Å². The predicted octanol–water partition coefficient (Wildman–Crippen LogP) is 6.99. The van der Waals surface area contributed by atoms with E-state index in [-0.39, 0.29) is 35.5 Å². The summed E-state index contributed by atoms with van der Waals surface area (Å²) in [6, 6.07) is 15.6. The number of carbonyl (C=O) groups excluding carboxylic acids is 2. The highest BCUT2D eigenvalue weighted by Gasteiger charge is 2.44. The highest BCUT2D eigenvalue weighted by atomic mass is 16.2. The van der Waals surface area contributed by atoms with Crippen molar-refractivity contribution < 1.29 is 9.59 Å². The standard InChI is InChI=1S/2C21H20N6O/c2*1-11(2)14-3-4-24-9-17(14)18-6-12-7-19(25-10-16(12)20(23)26-18)27-21(28)15-5-13(15)8-22/h2*3-4,6-7,9-11,13,15H,5H2,1-2H3,(H2,23,26)(H,25,27,28)/t2*13-,15+/m10/s1. The van der Waals surface area contributed by atoms with E-state index >= 15 is 0 Å². The smallest absolute Gasteiger partial charge is 0.230 e. The minimum absolute atomic E-state index is 0.171. The number of carbonyl (C=O) groups is 2. The Morgan fingerprint density at radius 3 is 1.45 bits per heavy atom. The molecule has 2 aliphatic rings. The fourth-order valence-electron chi connectivity index (χ4n) is 6.70. The van der Waals surface area contributed by atoms with Crippen molar-refractivity contribution in [2.75, 3.05) is 22.1 Å². The lowest BCUT2D eigenvalue weighted by atomic mass is 9.96. The number of nitrogens with two attached hydrogens (primary N) is 2. The summed E-state index contributed by atoms with van der Waals surface area (Å²) >= 11 is 0. The van der Waals surface area contributed by atoms with E-state index in [2.05, 4.69) is 80.4 Å². The van der Waals surface area contributed by atoms with E-state index in [1.54, 1.807) is 49.3 Å². The first-order chi connectivity index (χ1) is 26.9.